The van der Waals surface area contributed by atoms with E-state index in [0.717, 1.165) is 0 Å². The lowest BCUT2D eigenvalue weighted by atomic mass is 10.2. The van der Waals surface area contributed by atoms with Gasteiger partial charge < -0.3 is 14.5 Å². The molecule has 0 aliphatic rings. The number of hydrogen-bond acceptors (Lipinski definition) is 7. The van der Waals surface area contributed by atoms with Crippen LogP contribution in [0.5, 0.6) is 5.88 Å². The van der Waals surface area contributed by atoms with Crippen LogP contribution < -0.4 is 10.1 Å². The third-order valence-electron chi connectivity index (χ3n) is 4.73. The van der Waals surface area contributed by atoms with Crippen LogP contribution in [-0.2, 0) is 4.43 Å². The molecule has 0 saturated carbocycles. The first-order valence-electron chi connectivity index (χ1n) is 8.54. The lowest BCUT2D eigenvalue weighted by Crippen LogP contribution is -2.41. The molecule has 2 heterocycles. The third kappa shape index (κ3) is 4.82. The Morgan fingerprint density at radius 2 is 1.89 bits per heavy atom. The predicted octanol–water partition coefficient (Wildman–Crippen LogP) is 4.98. The summed E-state index contributed by atoms with van der Waals surface area (Å²) in [6.07, 6.45) is 1.82. The minimum absolute atomic E-state index is 0.0824. The second kappa shape index (κ2) is 8.46. The van der Waals surface area contributed by atoms with Crippen LogP contribution in [0.1, 0.15) is 20.8 Å². The first-order valence-corrected chi connectivity index (χ1v) is 13.1. The highest BCUT2D eigenvalue weighted by Gasteiger charge is 2.36. The zero-order valence-electron chi connectivity index (χ0n) is 16.7. The maximum Gasteiger partial charge on any atom is 0.228 e. The summed E-state index contributed by atoms with van der Waals surface area (Å²) in [6, 6.07) is 0. The Morgan fingerprint density at radius 3 is 2.44 bits per heavy atom. The normalized spacial score (nSPS) is 12.5. The number of anilines is 1. The van der Waals surface area contributed by atoms with Crippen molar-refractivity contribution in [3.8, 4) is 5.88 Å². The van der Waals surface area contributed by atoms with E-state index in [-0.39, 0.29) is 21.6 Å². The van der Waals surface area contributed by atoms with Crippen LogP contribution in [0.3, 0.4) is 0 Å². The number of ether oxygens (including phenoxy) is 1. The average molecular weight is 433 g/mol. The highest BCUT2D eigenvalue weighted by molar-refractivity contribution is 7.98. The molecule has 0 atom stereocenters. The molecule has 2 rings (SSSR count). The molecule has 27 heavy (non-hydrogen) atoms. The highest BCUT2D eigenvalue weighted by Crippen LogP contribution is 2.37. The molecule has 0 aliphatic carbocycles. The molecule has 1 N–H and O–H groups in total. The van der Waals surface area contributed by atoms with Gasteiger partial charge in [-0.2, -0.15) is 4.98 Å². The highest BCUT2D eigenvalue weighted by atomic mass is 35.5. The van der Waals surface area contributed by atoms with Gasteiger partial charge in [-0.3, -0.25) is 0 Å². The molecule has 0 saturated heterocycles. The zero-order chi connectivity index (χ0) is 20.4. The van der Waals surface area contributed by atoms with Crippen molar-refractivity contribution in [2.24, 2.45) is 0 Å². The van der Waals surface area contributed by atoms with E-state index in [2.05, 4.69) is 54.1 Å². The molecule has 0 radical (unpaired) electrons. The largest absolute Gasteiger partial charge is 0.480 e. The summed E-state index contributed by atoms with van der Waals surface area (Å²) in [4.78, 5) is 12.6. The van der Waals surface area contributed by atoms with Crippen molar-refractivity contribution in [1.82, 2.24) is 15.0 Å². The number of pyridine rings is 1. The van der Waals surface area contributed by atoms with Gasteiger partial charge in [-0.05, 0) is 24.4 Å². The van der Waals surface area contributed by atoms with Gasteiger partial charge in [0.05, 0.1) is 13.7 Å². The number of aromatic nitrogens is 3. The maximum atomic E-state index is 14.5. The minimum atomic E-state index is -1.84. The third-order valence-corrected chi connectivity index (χ3v) is 10.1. The summed E-state index contributed by atoms with van der Waals surface area (Å²) in [7, 11) is -0.393. The van der Waals surface area contributed by atoms with Gasteiger partial charge >= 0.3 is 0 Å². The van der Waals surface area contributed by atoms with Crippen LogP contribution in [0.15, 0.2) is 5.16 Å². The van der Waals surface area contributed by atoms with Gasteiger partial charge in [0.1, 0.15) is 16.7 Å². The van der Waals surface area contributed by atoms with Gasteiger partial charge in [-0.25, -0.2) is 14.4 Å². The molecule has 0 aromatic carbocycles. The molecule has 2 aromatic heterocycles. The number of rotatable bonds is 7. The molecule has 2 aromatic rings. The van der Waals surface area contributed by atoms with Crippen molar-refractivity contribution < 1.29 is 13.6 Å². The van der Waals surface area contributed by atoms with Crippen molar-refractivity contribution >= 4 is 48.4 Å². The molecular formula is C17H26ClFN4O2SSi. The van der Waals surface area contributed by atoms with Crippen molar-refractivity contribution in [3.05, 3.63) is 11.0 Å². The van der Waals surface area contributed by atoms with Gasteiger partial charge in [0.2, 0.25) is 5.88 Å². The molecule has 0 fully saturated rings. The second-order valence-electron chi connectivity index (χ2n) is 7.54. The summed E-state index contributed by atoms with van der Waals surface area (Å²) >= 11 is 7.19. The first-order chi connectivity index (χ1) is 12.5. The summed E-state index contributed by atoms with van der Waals surface area (Å²) in [5, 5.41) is 3.86. The van der Waals surface area contributed by atoms with Crippen LogP contribution in [0, 0.1) is 5.82 Å². The van der Waals surface area contributed by atoms with E-state index >= 15 is 0 Å². The number of nitrogens with one attached hydrogen (secondary N) is 1. The molecule has 0 amide bonds. The molecule has 0 spiro atoms. The summed E-state index contributed by atoms with van der Waals surface area (Å²) in [5.74, 6) is -0.0642. The number of hydrogen-bond donors (Lipinski definition) is 1. The van der Waals surface area contributed by atoms with Crippen LogP contribution in [0.4, 0.5) is 10.2 Å². The van der Waals surface area contributed by atoms with Gasteiger partial charge in [-0.15, -0.1) is 0 Å². The Balaban J connectivity index is 2.31. The standard InChI is InChI=1S/C17H26ClFN4O2SSi/c1-17(2,3)27(6,7)25-9-8-20-14-10-12(21-16(23-14)26-5)11(19)13(18)22-15(10)24-4/h8-9H2,1-7H3,(H,20,21,23). The van der Waals surface area contributed by atoms with E-state index in [0.29, 0.717) is 29.5 Å². The number of thioether (sulfide) groups is 1. The number of fused-ring (bicyclic) bond motifs is 1. The van der Waals surface area contributed by atoms with Crippen molar-refractivity contribution in [2.75, 3.05) is 31.8 Å². The van der Waals surface area contributed by atoms with Gasteiger partial charge in [0.15, 0.2) is 24.4 Å². The van der Waals surface area contributed by atoms with E-state index in [1.165, 1.54) is 18.9 Å². The van der Waals surface area contributed by atoms with Crippen LogP contribution in [0.25, 0.3) is 10.9 Å². The Morgan fingerprint density at radius 1 is 1.22 bits per heavy atom. The average Bonchev–Trinajstić information content (AvgIpc) is 2.60. The Bertz CT molecular complexity index is 833. The quantitative estimate of drug-likeness (QED) is 0.217. The Hall–Kier alpha value is -1.16. The summed E-state index contributed by atoms with van der Waals surface area (Å²) in [5.41, 5.74) is 0.0824. The fraction of sp³-hybridized carbons (Fsp3) is 0.588. The SMILES string of the molecule is COc1nc(Cl)c(F)c2nc(SC)nc(NCCO[Si](C)(C)C(C)(C)C)c12. The molecule has 6 nitrogen and oxygen atoms in total. The molecule has 0 bridgehead atoms. The van der Waals surface area contributed by atoms with Gasteiger partial charge in [0, 0.05) is 6.54 Å². The second-order valence-corrected chi connectivity index (χ2v) is 13.5. The van der Waals surface area contributed by atoms with Gasteiger partial charge in [-0.1, -0.05) is 44.1 Å². The fourth-order valence-electron chi connectivity index (χ4n) is 2.15. The van der Waals surface area contributed by atoms with Crippen LogP contribution in [-0.4, -0.2) is 49.8 Å². The van der Waals surface area contributed by atoms with Crippen molar-refractivity contribution in [1.29, 1.82) is 0 Å². The maximum absolute atomic E-state index is 14.5. The lowest BCUT2D eigenvalue weighted by Gasteiger charge is -2.36. The topological polar surface area (TPSA) is 69.2 Å². The Labute approximate surface area is 169 Å². The van der Waals surface area contributed by atoms with Crippen molar-refractivity contribution in [2.45, 2.75) is 44.1 Å². The smallest absolute Gasteiger partial charge is 0.228 e. The number of nitrogens with zero attached hydrogens (tertiary/aromatic N) is 3. The Kier molecular flexibility index (Phi) is 6.94. The predicted molar refractivity (Wildman–Crippen MR) is 112 cm³/mol. The summed E-state index contributed by atoms with van der Waals surface area (Å²) in [6.45, 7) is 12.0. The van der Waals surface area contributed by atoms with E-state index < -0.39 is 14.1 Å². The van der Waals surface area contributed by atoms with Crippen LogP contribution >= 0.6 is 23.4 Å². The first kappa shape index (κ1) is 22.1. The van der Waals surface area contributed by atoms with E-state index in [9.17, 15) is 4.39 Å². The monoisotopic (exact) mass is 432 g/mol. The molecular weight excluding hydrogens is 407 g/mol. The van der Waals surface area contributed by atoms with Crippen LogP contribution in [0.2, 0.25) is 23.3 Å². The van der Waals surface area contributed by atoms with E-state index in [4.69, 9.17) is 20.8 Å². The number of methoxy groups -OCH3 is 1. The zero-order valence-corrected chi connectivity index (χ0v) is 19.3. The van der Waals surface area contributed by atoms with E-state index in [1.807, 2.05) is 6.26 Å². The molecule has 150 valence electrons. The molecule has 0 aliphatic heterocycles. The molecule has 0 unspecified atom stereocenters. The van der Waals surface area contributed by atoms with E-state index in [1.54, 1.807) is 0 Å². The molecule has 10 heteroatoms. The van der Waals surface area contributed by atoms with Crippen molar-refractivity contribution in [3.63, 3.8) is 0 Å². The van der Waals surface area contributed by atoms with Gasteiger partial charge in [0.25, 0.3) is 0 Å². The summed E-state index contributed by atoms with van der Waals surface area (Å²) < 4.78 is 25.9. The number of halogens is 2. The fourth-order valence-corrected chi connectivity index (χ4v) is 3.73. The minimum Gasteiger partial charge on any atom is -0.480 e. The lowest BCUT2D eigenvalue weighted by molar-refractivity contribution is 0.301.